The Hall–Kier alpha value is -2.89. The van der Waals surface area contributed by atoms with Crippen molar-refractivity contribution in [2.45, 2.75) is 59.7 Å². The standard InChI is InChI=1S/C24H31FN2O3/c1-16-11-12-20(13-17(16)2)30-15-22(28)27(14-19-9-7-8-10-21(19)25)18(3)23(29)26-24(4,5)6/h7-13,18H,14-15H2,1-6H3,(H,26,29)/t18-/m0/s1. The Kier molecular flexibility index (Phi) is 7.59. The van der Waals surface area contributed by atoms with Gasteiger partial charge in [0, 0.05) is 17.6 Å². The van der Waals surface area contributed by atoms with Crippen LogP contribution in [0, 0.1) is 19.7 Å². The van der Waals surface area contributed by atoms with Crippen molar-refractivity contribution >= 4 is 11.8 Å². The van der Waals surface area contributed by atoms with E-state index in [0.717, 1.165) is 11.1 Å². The molecule has 0 aromatic heterocycles. The molecular weight excluding hydrogens is 383 g/mol. The van der Waals surface area contributed by atoms with E-state index < -0.39 is 23.3 Å². The van der Waals surface area contributed by atoms with Gasteiger partial charge in [-0.25, -0.2) is 4.39 Å². The van der Waals surface area contributed by atoms with Crippen LogP contribution < -0.4 is 10.1 Å². The van der Waals surface area contributed by atoms with Crippen LogP contribution in [-0.2, 0) is 16.1 Å². The summed E-state index contributed by atoms with van der Waals surface area (Å²) in [7, 11) is 0. The Morgan fingerprint density at radius 2 is 1.77 bits per heavy atom. The molecule has 0 aliphatic heterocycles. The van der Waals surface area contributed by atoms with Gasteiger partial charge in [-0.15, -0.1) is 0 Å². The van der Waals surface area contributed by atoms with Gasteiger partial charge in [0.15, 0.2) is 6.61 Å². The number of ether oxygens (including phenoxy) is 1. The number of benzene rings is 2. The molecule has 5 nitrogen and oxygen atoms in total. The lowest BCUT2D eigenvalue weighted by molar-refractivity contribution is -0.142. The van der Waals surface area contributed by atoms with Crippen molar-refractivity contribution < 1.29 is 18.7 Å². The largest absolute Gasteiger partial charge is 0.484 e. The van der Waals surface area contributed by atoms with Crippen LogP contribution >= 0.6 is 0 Å². The summed E-state index contributed by atoms with van der Waals surface area (Å²) in [5, 5.41) is 2.87. The summed E-state index contributed by atoms with van der Waals surface area (Å²) in [5.74, 6) is -0.552. The summed E-state index contributed by atoms with van der Waals surface area (Å²) >= 11 is 0. The van der Waals surface area contributed by atoms with Gasteiger partial charge in [0.05, 0.1) is 0 Å². The first kappa shape index (κ1) is 23.4. The Balaban J connectivity index is 2.20. The van der Waals surface area contributed by atoms with Gasteiger partial charge in [-0.2, -0.15) is 0 Å². The lowest BCUT2D eigenvalue weighted by Gasteiger charge is -2.31. The van der Waals surface area contributed by atoms with E-state index in [1.807, 2.05) is 46.8 Å². The Labute approximate surface area is 178 Å². The van der Waals surface area contributed by atoms with E-state index in [-0.39, 0.29) is 19.1 Å². The summed E-state index contributed by atoms with van der Waals surface area (Å²) in [5.41, 5.74) is 2.07. The zero-order chi connectivity index (χ0) is 22.5. The van der Waals surface area contributed by atoms with Gasteiger partial charge in [-0.3, -0.25) is 9.59 Å². The molecule has 0 unspecified atom stereocenters. The highest BCUT2D eigenvalue weighted by atomic mass is 19.1. The van der Waals surface area contributed by atoms with Crippen molar-refractivity contribution in [2.75, 3.05) is 6.61 Å². The fourth-order valence-corrected chi connectivity index (χ4v) is 2.90. The first-order valence-electron chi connectivity index (χ1n) is 10.0. The van der Waals surface area contributed by atoms with Gasteiger partial charge in [0.25, 0.3) is 5.91 Å². The van der Waals surface area contributed by atoms with Crippen molar-refractivity contribution in [2.24, 2.45) is 0 Å². The predicted molar refractivity (Wildman–Crippen MR) is 116 cm³/mol. The monoisotopic (exact) mass is 414 g/mol. The van der Waals surface area contributed by atoms with Crippen LogP contribution in [0.25, 0.3) is 0 Å². The second-order valence-electron chi connectivity index (χ2n) is 8.56. The molecule has 0 spiro atoms. The van der Waals surface area contributed by atoms with Gasteiger partial charge in [-0.05, 0) is 70.9 Å². The first-order valence-corrected chi connectivity index (χ1v) is 10.0. The molecule has 1 N–H and O–H groups in total. The molecule has 0 heterocycles. The van der Waals surface area contributed by atoms with Gasteiger partial charge in [-0.1, -0.05) is 24.3 Å². The predicted octanol–water partition coefficient (Wildman–Crippen LogP) is 4.15. The van der Waals surface area contributed by atoms with Crippen LogP contribution in [0.3, 0.4) is 0 Å². The van der Waals surface area contributed by atoms with E-state index in [2.05, 4.69) is 5.32 Å². The van der Waals surface area contributed by atoms with Crippen LogP contribution in [0.15, 0.2) is 42.5 Å². The summed E-state index contributed by atoms with van der Waals surface area (Å²) < 4.78 is 19.9. The average Bonchev–Trinajstić information content (AvgIpc) is 2.66. The highest BCUT2D eigenvalue weighted by Crippen LogP contribution is 2.18. The van der Waals surface area contributed by atoms with Crippen LogP contribution in [0.5, 0.6) is 5.75 Å². The molecule has 1 atom stereocenters. The first-order chi connectivity index (χ1) is 14.0. The van der Waals surface area contributed by atoms with Crippen LogP contribution in [-0.4, -0.2) is 34.9 Å². The molecule has 6 heteroatoms. The summed E-state index contributed by atoms with van der Waals surface area (Å²) in [6.07, 6.45) is 0. The number of carbonyl (C=O) groups is 2. The lowest BCUT2D eigenvalue weighted by atomic mass is 10.1. The van der Waals surface area contributed by atoms with Crippen LogP contribution in [0.4, 0.5) is 4.39 Å². The second-order valence-corrected chi connectivity index (χ2v) is 8.56. The van der Waals surface area contributed by atoms with Crippen LogP contribution in [0.2, 0.25) is 0 Å². The quantitative estimate of drug-likeness (QED) is 0.740. The third kappa shape index (κ3) is 6.58. The number of halogens is 1. The molecule has 162 valence electrons. The third-order valence-corrected chi connectivity index (χ3v) is 4.80. The Morgan fingerprint density at radius 1 is 1.10 bits per heavy atom. The molecule has 2 amide bonds. The number of nitrogens with zero attached hydrogens (tertiary/aromatic N) is 1. The molecule has 0 aliphatic rings. The van der Waals surface area contributed by atoms with E-state index in [9.17, 15) is 14.0 Å². The minimum Gasteiger partial charge on any atom is -0.484 e. The summed E-state index contributed by atoms with van der Waals surface area (Å²) in [4.78, 5) is 27.0. The summed E-state index contributed by atoms with van der Waals surface area (Å²) in [6, 6.07) is 11.0. The molecule has 2 rings (SSSR count). The number of carbonyl (C=O) groups excluding carboxylic acids is 2. The number of amides is 2. The molecule has 2 aromatic carbocycles. The fraction of sp³-hybridized carbons (Fsp3) is 0.417. The third-order valence-electron chi connectivity index (χ3n) is 4.80. The smallest absolute Gasteiger partial charge is 0.261 e. The second kappa shape index (κ2) is 9.74. The molecule has 0 radical (unpaired) electrons. The summed E-state index contributed by atoms with van der Waals surface area (Å²) in [6.45, 7) is 10.9. The van der Waals surface area contributed by atoms with Gasteiger partial charge >= 0.3 is 0 Å². The normalized spacial score (nSPS) is 12.2. The number of hydrogen-bond acceptors (Lipinski definition) is 3. The molecule has 0 aliphatic carbocycles. The molecular formula is C24H31FN2O3. The maximum Gasteiger partial charge on any atom is 0.261 e. The number of rotatable bonds is 7. The van der Waals surface area contributed by atoms with Crippen molar-refractivity contribution in [3.63, 3.8) is 0 Å². The molecule has 0 saturated carbocycles. The van der Waals surface area contributed by atoms with E-state index in [1.165, 1.54) is 11.0 Å². The molecule has 30 heavy (non-hydrogen) atoms. The van der Waals surface area contributed by atoms with Crippen molar-refractivity contribution in [1.29, 1.82) is 0 Å². The molecule has 0 saturated heterocycles. The van der Waals surface area contributed by atoms with Gasteiger partial charge in [0.1, 0.15) is 17.6 Å². The van der Waals surface area contributed by atoms with E-state index in [0.29, 0.717) is 11.3 Å². The Morgan fingerprint density at radius 3 is 2.37 bits per heavy atom. The van der Waals surface area contributed by atoms with Gasteiger partial charge in [0.2, 0.25) is 5.91 Å². The topological polar surface area (TPSA) is 58.6 Å². The maximum atomic E-state index is 14.2. The molecule has 2 aromatic rings. The SMILES string of the molecule is Cc1ccc(OCC(=O)N(Cc2ccccc2F)[C@@H](C)C(=O)NC(C)(C)C)cc1C. The van der Waals surface area contributed by atoms with Crippen molar-refractivity contribution in [3.05, 3.63) is 65.0 Å². The average molecular weight is 415 g/mol. The van der Waals surface area contributed by atoms with Gasteiger partial charge < -0.3 is 15.0 Å². The number of hydrogen-bond donors (Lipinski definition) is 1. The fourth-order valence-electron chi connectivity index (χ4n) is 2.90. The maximum absolute atomic E-state index is 14.2. The minimum absolute atomic E-state index is 0.0273. The Bertz CT molecular complexity index is 906. The van der Waals surface area contributed by atoms with E-state index >= 15 is 0 Å². The van der Waals surface area contributed by atoms with Crippen molar-refractivity contribution in [1.82, 2.24) is 10.2 Å². The minimum atomic E-state index is -0.792. The molecule has 0 bridgehead atoms. The van der Waals surface area contributed by atoms with E-state index in [1.54, 1.807) is 31.2 Å². The highest BCUT2D eigenvalue weighted by Gasteiger charge is 2.29. The number of nitrogens with one attached hydrogen (secondary N) is 1. The zero-order valence-corrected chi connectivity index (χ0v) is 18.6. The number of aryl methyl sites for hydroxylation is 2. The van der Waals surface area contributed by atoms with Crippen molar-refractivity contribution in [3.8, 4) is 5.75 Å². The van der Waals surface area contributed by atoms with Crippen LogP contribution in [0.1, 0.15) is 44.4 Å². The highest BCUT2D eigenvalue weighted by molar-refractivity contribution is 5.88. The lowest BCUT2D eigenvalue weighted by Crippen LogP contribution is -2.53. The zero-order valence-electron chi connectivity index (χ0n) is 18.6. The van der Waals surface area contributed by atoms with E-state index in [4.69, 9.17) is 4.74 Å². The molecule has 0 fully saturated rings.